The number of methoxy groups -OCH3 is 1. The molecular weight excluding hydrogens is 482 g/mol. The van der Waals surface area contributed by atoms with Crippen LogP contribution in [0.5, 0.6) is 17.2 Å². The second-order valence-electron chi connectivity index (χ2n) is 9.52. The Balaban J connectivity index is 1.34. The largest absolute Gasteiger partial charge is 0.496 e. The highest BCUT2D eigenvalue weighted by atomic mass is 19.3. The average Bonchev–Trinajstić information content (AvgIpc) is 3.61. The van der Waals surface area contributed by atoms with Gasteiger partial charge in [0, 0.05) is 30.4 Å². The lowest BCUT2D eigenvalue weighted by atomic mass is 10.1. The molecule has 1 N–H and O–H groups in total. The van der Waals surface area contributed by atoms with Gasteiger partial charge < -0.3 is 24.4 Å². The smallest absolute Gasteiger partial charge is 0.387 e. The monoisotopic (exact) mass is 514 g/mol. The number of carbonyl (C=O) groups is 1. The second kappa shape index (κ2) is 11.3. The van der Waals surface area contributed by atoms with E-state index in [0.717, 1.165) is 31.6 Å². The normalized spacial score (nSPS) is 16.2. The Bertz CT molecular complexity index is 1240. The van der Waals surface area contributed by atoms with E-state index in [4.69, 9.17) is 14.2 Å². The van der Waals surface area contributed by atoms with E-state index in [-0.39, 0.29) is 23.1 Å². The van der Waals surface area contributed by atoms with Crippen LogP contribution in [0.1, 0.15) is 48.9 Å². The van der Waals surface area contributed by atoms with E-state index < -0.39 is 12.5 Å². The number of aromatic nitrogens is 2. The van der Waals surface area contributed by atoms with Crippen LogP contribution in [0.3, 0.4) is 0 Å². The number of amides is 1. The molecule has 198 valence electrons. The van der Waals surface area contributed by atoms with Crippen LogP contribution in [0.15, 0.2) is 36.7 Å². The number of alkyl halides is 2. The van der Waals surface area contributed by atoms with E-state index in [1.807, 2.05) is 22.7 Å². The van der Waals surface area contributed by atoms with Crippen LogP contribution in [0.4, 0.5) is 8.78 Å². The zero-order valence-corrected chi connectivity index (χ0v) is 20.9. The number of hydrogen-bond acceptors (Lipinski definition) is 6. The molecule has 0 radical (unpaired) electrons. The number of likely N-dealkylation sites (tertiary alicyclic amines) is 1. The first kappa shape index (κ1) is 25.3. The summed E-state index contributed by atoms with van der Waals surface area (Å²) in [7, 11) is 1.39. The number of nitrogens with one attached hydrogen (secondary N) is 1. The van der Waals surface area contributed by atoms with E-state index in [0.29, 0.717) is 23.5 Å². The lowest BCUT2D eigenvalue weighted by Crippen LogP contribution is -2.31. The first-order valence-electron chi connectivity index (χ1n) is 12.8. The summed E-state index contributed by atoms with van der Waals surface area (Å²) in [5.74, 6) is 0.123. The summed E-state index contributed by atoms with van der Waals surface area (Å²) in [4.78, 5) is 19.7. The SMILES string of the molecule is COc1cc(-c2cnc3cc(OCCCN4CCCCC4)ccn23)cc(OC(F)F)c1C(=O)NC1CC1. The number of halogens is 2. The maximum Gasteiger partial charge on any atom is 0.387 e. The molecule has 1 saturated carbocycles. The van der Waals surface area contributed by atoms with Crippen LogP contribution < -0.4 is 19.5 Å². The minimum atomic E-state index is -3.09. The van der Waals surface area contributed by atoms with Gasteiger partial charge in [-0.2, -0.15) is 8.78 Å². The highest BCUT2D eigenvalue weighted by Gasteiger charge is 2.29. The topological polar surface area (TPSA) is 77.3 Å². The zero-order valence-electron chi connectivity index (χ0n) is 20.9. The van der Waals surface area contributed by atoms with E-state index >= 15 is 0 Å². The number of pyridine rings is 1. The van der Waals surface area contributed by atoms with Crippen molar-refractivity contribution in [2.75, 3.05) is 33.4 Å². The Morgan fingerprint density at radius 1 is 1.16 bits per heavy atom. The summed E-state index contributed by atoms with van der Waals surface area (Å²) in [6.07, 6.45) is 10.0. The molecule has 1 aromatic carbocycles. The van der Waals surface area contributed by atoms with Gasteiger partial charge in [-0.3, -0.25) is 9.20 Å². The summed E-state index contributed by atoms with van der Waals surface area (Å²) >= 11 is 0. The third kappa shape index (κ3) is 6.12. The molecule has 1 saturated heterocycles. The van der Waals surface area contributed by atoms with E-state index in [9.17, 15) is 13.6 Å². The molecule has 2 aromatic heterocycles. The number of ether oxygens (including phenoxy) is 3. The van der Waals surface area contributed by atoms with Crippen LogP contribution in [0.2, 0.25) is 0 Å². The first-order chi connectivity index (χ1) is 18.0. The molecule has 0 bridgehead atoms. The van der Waals surface area contributed by atoms with Crippen molar-refractivity contribution in [1.29, 1.82) is 0 Å². The van der Waals surface area contributed by atoms with Crippen LogP contribution in [0, 0.1) is 0 Å². The van der Waals surface area contributed by atoms with E-state index in [2.05, 4.69) is 15.2 Å². The molecule has 0 atom stereocenters. The quantitative estimate of drug-likeness (QED) is 0.372. The molecular formula is C27H32F2N4O4. The van der Waals surface area contributed by atoms with Gasteiger partial charge in [-0.1, -0.05) is 6.42 Å². The summed E-state index contributed by atoms with van der Waals surface area (Å²) in [6, 6.07) is 6.80. The van der Waals surface area contributed by atoms with Crippen molar-refractivity contribution in [3.63, 3.8) is 0 Å². The van der Waals surface area contributed by atoms with Gasteiger partial charge in [-0.15, -0.1) is 0 Å². The van der Waals surface area contributed by atoms with E-state index in [1.165, 1.54) is 45.5 Å². The van der Waals surface area contributed by atoms with Crippen molar-refractivity contribution in [3.05, 3.63) is 42.2 Å². The van der Waals surface area contributed by atoms with Crippen molar-refractivity contribution in [2.45, 2.75) is 51.2 Å². The summed E-state index contributed by atoms with van der Waals surface area (Å²) in [6.45, 7) is 0.906. The van der Waals surface area contributed by atoms with Gasteiger partial charge in [0.2, 0.25) is 0 Å². The fraction of sp³-hybridized carbons (Fsp3) is 0.481. The number of imidazole rings is 1. The molecule has 1 amide bonds. The number of carbonyl (C=O) groups excluding carboxylic acids is 1. The number of piperidine rings is 1. The number of nitrogens with zero attached hydrogens (tertiary/aromatic N) is 3. The number of rotatable bonds is 11. The minimum absolute atomic E-state index is 0.0486. The first-order valence-corrected chi connectivity index (χ1v) is 12.8. The van der Waals surface area contributed by atoms with Gasteiger partial charge in [-0.05, 0) is 63.4 Å². The van der Waals surface area contributed by atoms with Gasteiger partial charge >= 0.3 is 6.61 Å². The molecule has 2 fully saturated rings. The van der Waals surface area contributed by atoms with Gasteiger partial charge in [0.15, 0.2) is 0 Å². The lowest BCUT2D eigenvalue weighted by molar-refractivity contribution is -0.0502. The minimum Gasteiger partial charge on any atom is -0.496 e. The second-order valence-corrected chi connectivity index (χ2v) is 9.52. The number of hydrogen-bond donors (Lipinski definition) is 1. The summed E-state index contributed by atoms with van der Waals surface area (Å²) in [5, 5.41) is 2.81. The van der Waals surface area contributed by atoms with Crippen LogP contribution in [-0.4, -0.2) is 66.2 Å². The van der Waals surface area contributed by atoms with Gasteiger partial charge in [-0.25, -0.2) is 4.98 Å². The van der Waals surface area contributed by atoms with Gasteiger partial charge in [0.1, 0.15) is 28.5 Å². The highest BCUT2D eigenvalue weighted by Crippen LogP contribution is 2.37. The Morgan fingerprint density at radius 2 is 1.95 bits per heavy atom. The standard InChI is InChI=1S/C27H32F2N4O4/c1-35-22-14-18(15-23(37-27(28)29)25(22)26(34)31-19-6-7-19)21-17-30-24-16-20(8-12-33(21)24)36-13-5-11-32-9-3-2-4-10-32/h8,12,14-17,19,27H,2-7,9-11,13H2,1H3,(H,31,34). The number of benzene rings is 1. The Labute approximate surface area is 214 Å². The maximum absolute atomic E-state index is 13.3. The van der Waals surface area contributed by atoms with Crippen LogP contribution in [-0.2, 0) is 0 Å². The predicted octanol–water partition coefficient (Wildman–Crippen LogP) is 4.76. The molecule has 1 aliphatic carbocycles. The molecule has 0 spiro atoms. The van der Waals surface area contributed by atoms with Crippen molar-refractivity contribution in [1.82, 2.24) is 19.6 Å². The Hall–Kier alpha value is -3.40. The zero-order chi connectivity index (χ0) is 25.8. The van der Waals surface area contributed by atoms with Crippen molar-refractivity contribution < 1.29 is 27.8 Å². The third-order valence-corrected chi connectivity index (χ3v) is 6.76. The molecule has 5 rings (SSSR count). The molecule has 1 aliphatic heterocycles. The van der Waals surface area contributed by atoms with Crippen molar-refractivity contribution in [3.8, 4) is 28.5 Å². The molecule has 3 aromatic rings. The molecule has 3 heterocycles. The highest BCUT2D eigenvalue weighted by molar-refractivity contribution is 6.01. The third-order valence-electron chi connectivity index (χ3n) is 6.76. The Kier molecular flexibility index (Phi) is 7.73. The lowest BCUT2D eigenvalue weighted by Gasteiger charge is -2.26. The van der Waals surface area contributed by atoms with Crippen molar-refractivity contribution in [2.24, 2.45) is 0 Å². The number of fused-ring (bicyclic) bond motifs is 1. The van der Waals surface area contributed by atoms with Crippen molar-refractivity contribution >= 4 is 11.6 Å². The fourth-order valence-electron chi connectivity index (χ4n) is 4.72. The molecule has 0 unspecified atom stereocenters. The molecule has 2 aliphatic rings. The predicted molar refractivity (Wildman–Crippen MR) is 135 cm³/mol. The fourth-order valence-corrected chi connectivity index (χ4v) is 4.72. The summed E-state index contributed by atoms with van der Waals surface area (Å²) in [5.41, 5.74) is 1.76. The van der Waals surface area contributed by atoms with Crippen LogP contribution >= 0.6 is 0 Å². The molecule has 10 heteroatoms. The van der Waals surface area contributed by atoms with E-state index in [1.54, 1.807) is 12.3 Å². The van der Waals surface area contributed by atoms with Gasteiger partial charge in [0.05, 0.1) is 25.6 Å². The maximum atomic E-state index is 13.3. The summed E-state index contributed by atoms with van der Waals surface area (Å²) < 4.78 is 44.4. The molecule has 8 nitrogen and oxygen atoms in total. The Morgan fingerprint density at radius 3 is 2.68 bits per heavy atom. The average molecular weight is 515 g/mol. The molecule has 37 heavy (non-hydrogen) atoms. The van der Waals surface area contributed by atoms with Crippen LogP contribution in [0.25, 0.3) is 16.9 Å². The van der Waals surface area contributed by atoms with Gasteiger partial charge in [0.25, 0.3) is 5.91 Å².